The molecule has 1 aliphatic carbocycles. The van der Waals surface area contributed by atoms with E-state index in [0.29, 0.717) is 73.9 Å². The van der Waals surface area contributed by atoms with Crippen LogP contribution in [0.25, 0.3) is 0 Å². The van der Waals surface area contributed by atoms with Gasteiger partial charge >= 0.3 is 0 Å². The Morgan fingerprint density at radius 1 is 1.02 bits per heavy atom. The Bertz CT molecular complexity index is 1400. The van der Waals surface area contributed by atoms with Gasteiger partial charge in [-0.05, 0) is 106 Å². The molecule has 0 spiro atoms. The van der Waals surface area contributed by atoms with Crippen LogP contribution in [0.15, 0.2) is 35.2 Å². The lowest BCUT2D eigenvalue weighted by Crippen LogP contribution is -2.49. The normalized spacial score (nSPS) is 20.5. The maximum Gasteiger partial charge on any atom is 0.245 e. The fourth-order valence-electron chi connectivity index (χ4n) is 7.22. The second-order valence-corrected chi connectivity index (χ2v) is 15.0. The molecule has 1 amide bonds. The molecule has 0 bridgehead atoms. The zero-order valence-electron chi connectivity index (χ0n) is 28.5. The van der Waals surface area contributed by atoms with Crippen LogP contribution in [0, 0.1) is 38.4 Å². The van der Waals surface area contributed by atoms with Gasteiger partial charge in [0, 0.05) is 45.3 Å². The van der Waals surface area contributed by atoms with Crippen LogP contribution in [-0.2, 0) is 19.6 Å². The Kier molecular flexibility index (Phi) is 13.0. The first kappa shape index (κ1) is 36.3. The van der Waals surface area contributed by atoms with Crippen LogP contribution in [0.1, 0.15) is 60.4 Å². The number of amides is 1. The summed E-state index contributed by atoms with van der Waals surface area (Å²) in [6, 6.07) is 8.99. The first-order valence-electron chi connectivity index (χ1n) is 16.6. The Morgan fingerprint density at radius 2 is 1.67 bits per heavy atom. The molecular weight excluding hydrogens is 607 g/mol. The molecule has 1 heterocycles. The van der Waals surface area contributed by atoms with Crippen LogP contribution in [0.3, 0.4) is 0 Å². The number of sulfonamides is 1. The Balaban J connectivity index is 1.10. The minimum absolute atomic E-state index is 0.0264. The summed E-state index contributed by atoms with van der Waals surface area (Å²) in [5, 5.41) is 3.01. The van der Waals surface area contributed by atoms with E-state index in [2.05, 4.69) is 29.2 Å². The van der Waals surface area contributed by atoms with Crippen molar-refractivity contribution in [3.8, 4) is 5.75 Å². The third kappa shape index (κ3) is 9.07. The number of benzene rings is 2. The molecule has 46 heavy (non-hydrogen) atoms. The average Bonchev–Trinajstić information content (AvgIpc) is 3.03. The quantitative estimate of drug-likeness (QED) is 0.294. The lowest BCUT2D eigenvalue weighted by molar-refractivity contribution is -0.125. The summed E-state index contributed by atoms with van der Waals surface area (Å²) in [5.41, 5.74) is 3.43. The summed E-state index contributed by atoms with van der Waals surface area (Å²) in [7, 11) is 2.17. The molecule has 4 rings (SSSR count). The number of carbonyl (C=O) groups is 1. The molecule has 11 heteroatoms. The summed E-state index contributed by atoms with van der Waals surface area (Å²) in [5.74, 6) is 1.53. The predicted molar refractivity (Wildman–Crippen MR) is 179 cm³/mol. The highest BCUT2D eigenvalue weighted by atomic mass is 32.2. The van der Waals surface area contributed by atoms with Crippen LogP contribution in [0.5, 0.6) is 5.75 Å². The highest BCUT2D eigenvalue weighted by Gasteiger charge is 2.32. The SMILES string of the molecule is COc1cc(C)c(S(=O)(=O)N2CCN(CCOCC(=O)NCCC3CCC(C(c4ccc(F)cc4)N(C)C)CC3)CC2)c(C)c1C. The Hall–Kier alpha value is -2.57. The highest BCUT2D eigenvalue weighted by Crippen LogP contribution is 2.40. The fourth-order valence-corrected chi connectivity index (χ4v) is 9.13. The average molecular weight is 661 g/mol. The summed E-state index contributed by atoms with van der Waals surface area (Å²) in [6.07, 6.45) is 5.49. The van der Waals surface area contributed by atoms with E-state index in [1.165, 1.54) is 5.56 Å². The summed E-state index contributed by atoms with van der Waals surface area (Å²) < 4.78 is 53.1. The summed E-state index contributed by atoms with van der Waals surface area (Å²) in [4.78, 5) is 17.2. The number of methoxy groups -OCH3 is 1. The number of carbonyl (C=O) groups excluding carboxylic acids is 1. The largest absolute Gasteiger partial charge is 0.496 e. The van der Waals surface area contributed by atoms with Crippen molar-refractivity contribution in [3.05, 3.63) is 58.4 Å². The number of piperazine rings is 1. The second-order valence-electron chi connectivity index (χ2n) is 13.2. The highest BCUT2D eigenvalue weighted by molar-refractivity contribution is 7.89. The van der Waals surface area contributed by atoms with Crippen molar-refractivity contribution >= 4 is 15.9 Å². The minimum atomic E-state index is -3.62. The van der Waals surface area contributed by atoms with Crippen molar-refractivity contribution < 1.29 is 27.1 Å². The van der Waals surface area contributed by atoms with Crippen LogP contribution < -0.4 is 10.1 Å². The standard InChI is InChI=1S/C35H53FN4O5S/c1-25-23-32(44-6)26(2)27(3)35(25)46(42,43)40-19-17-39(18-20-40)21-22-45-24-33(41)37-16-15-28-7-9-29(10-8-28)34(38(4)5)30-11-13-31(36)14-12-30/h11-14,23,28-29,34H,7-10,15-22,24H2,1-6H3,(H,37,41). The van der Waals surface area contributed by atoms with Crippen molar-refractivity contribution in [2.24, 2.45) is 11.8 Å². The van der Waals surface area contributed by atoms with Gasteiger partial charge in [0.25, 0.3) is 0 Å². The topological polar surface area (TPSA) is 91.4 Å². The molecule has 9 nitrogen and oxygen atoms in total. The molecule has 256 valence electrons. The lowest BCUT2D eigenvalue weighted by Gasteiger charge is -2.37. The number of nitrogens with one attached hydrogen (secondary N) is 1. The van der Waals surface area contributed by atoms with E-state index in [-0.39, 0.29) is 24.4 Å². The van der Waals surface area contributed by atoms with E-state index in [4.69, 9.17) is 9.47 Å². The third-order valence-corrected chi connectivity index (χ3v) is 12.1. The van der Waals surface area contributed by atoms with Crippen LogP contribution in [0.4, 0.5) is 4.39 Å². The smallest absolute Gasteiger partial charge is 0.245 e. The van der Waals surface area contributed by atoms with Crippen LogP contribution >= 0.6 is 0 Å². The van der Waals surface area contributed by atoms with Gasteiger partial charge in [-0.1, -0.05) is 25.0 Å². The van der Waals surface area contributed by atoms with Crippen molar-refractivity contribution in [1.82, 2.24) is 19.4 Å². The van der Waals surface area contributed by atoms with Crippen molar-refractivity contribution in [2.75, 3.05) is 73.7 Å². The Morgan fingerprint density at radius 3 is 2.28 bits per heavy atom. The van der Waals surface area contributed by atoms with E-state index in [1.54, 1.807) is 29.6 Å². The molecule has 0 aromatic heterocycles. The van der Waals surface area contributed by atoms with Gasteiger partial charge < -0.3 is 19.7 Å². The Labute approximate surface area is 275 Å². The first-order chi connectivity index (χ1) is 21.9. The zero-order chi connectivity index (χ0) is 33.4. The molecule has 1 unspecified atom stereocenters. The molecule has 0 radical (unpaired) electrons. The molecular formula is C35H53FN4O5S. The van der Waals surface area contributed by atoms with Crippen molar-refractivity contribution in [1.29, 1.82) is 0 Å². The molecule has 1 saturated carbocycles. The molecule has 2 aromatic rings. The van der Waals surface area contributed by atoms with Crippen LogP contribution in [-0.4, -0.2) is 102 Å². The van der Waals surface area contributed by atoms with Crippen LogP contribution in [0.2, 0.25) is 0 Å². The number of hydrogen-bond donors (Lipinski definition) is 1. The summed E-state index contributed by atoms with van der Waals surface area (Å²) in [6.45, 7) is 9.34. The van der Waals surface area contributed by atoms with Gasteiger partial charge in [-0.3, -0.25) is 9.69 Å². The zero-order valence-corrected chi connectivity index (χ0v) is 29.3. The maximum absolute atomic E-state index is 13.5. The van der Waals surface area contributed by atoms with Gasteiger partial charge in [-0.15, -0.1) is 0 Å². The molecule has 2 aliphatic rings. The number of aryl methyl sites for hydroxylation is 1. The molecule has 2 fully saturated rings. The van der Waals surface area contributed by atoms with E-state index in [1.807, 2.05) is 32.9 Å². The number of hydrogen-bond acceptors (Lipinski definition) is 7. The fraction of sp³-hybridized carbons (Fsp3) is 0.629. The number of ether oxygens (including phenoxy) is 2. The first-order valence-corrected chi connectivity index (χ1v) is 18.0. The number of nitrogens with zero attached hydrogens (tertiary/aromatic N) is 3. The monoisotopic (exact) mass is 660 g/mol. The van der Waals surface area contributed by atoms with E-state index in [0.717, 1.165) is 43.2 Å². The number of rotatable bonds is 14. The van der Waals surface area contributed by atoms with Crippen molar-refractivity contribution in [3.63, 3.8) is 0 Å². The molecule has 1 saturated heterocycles. The second kappa shape index (κ2) is 16.5. The third-order valence-electron chi connectivity index (χ3n) is 9.89. The number of halogens is 1. The van der Waals surface area contributed by atoms with Gasteiger partial charge in [-0.25, -0.2) is 12.8 Å². The van der Waals surface area contributed by atoms with E-state index < -0.39 is 10.0 Å². The molecule has 1 atom stereocenters. The van der Waals surface area contributed by atoms with Gasteiger partial charge in [-0.2, -0.15) is 4.31 Å². The lowest BCUT2D eigenvalue weighted by atomic mass is 9.75. The minimum Gasteiger partial charge on any atom is -0.496 e. The van der Waals surface area contributed by atoms with E-state index in [9.17, 15) is 17.6 Å². The molecule has 2 aromatic carbocycles. The van der Waals surface area contributed by atoms with Gasteiger partial charge in [0.05, 0.1) is 18.6 Å². The molecule has 1 aliphatic heterocycles. The van der Waals surface area contributed by atoms with Gasteiger partial charge in [0.15, 0.2) is 0 Å². The van der Waals surface area contributed by atoms with Gasteiger partial charge in [0.2, 0.25) is 15.9 Å². The summed E-state index contributed by atoms with van der Waals surface area (Å²) >= 11 is 0. The molecule has 1 N–H and O–H groups in total. The van der Waals surface area contributed by atoms with Gasteiger partial charge in [0.1, 0.15) is 18.2 Å². The maximum atomic E-state index is 13.5. The van der Waals surface area contributed by atoms with E-state index >= 15 is 0 Å². The van der Waals surface area contributed by atoms with Crippen molar-refractivity contribution in [2.45, 2.75) is 63.8 Å². The predicted octanol–water partition coefficient (Wildman–Crippen LogP) is 4.70.